The van der Waals surface area contributed by atoms with Gasteiger partial charge in [0.2, 0.25) is 0 Å². The molecule has 0 radical (unpaired) electrons. The molecule has 0 aromatic heterocycles. The summed E-state index contributed by atoms with van der Waals surface area (Å²) in [7, 11) is 0. The minimum Gasteiger partial charge on any atom is -0.363 e. The van der Waals surface area contributed by atoms with Gasteiger partial charge in [-0.05, 0) is 44.9 Å². The molecule has 0 unspecified atom stereocenters. The van der Waals surface area contributed by atoms with Gasteiger partial charge in [-0.2, -0.15) is 0 Å². The molecule has 1 heterocycles. The molecule has 0 bridgehead atoms. The van der Waals surface area contributed by atoms with Crippen molar-refractivity contribution >= 4 is 0 Å². The van der Waals surface area contributed by atoms with E-state index in [1.54, 1.807) is 0 Å². The van der Waals surface area contributed by atoms with Crippen molar-refractivity contribution < 1.29 is 4.74 Å². The minimum atomic E-state index is 0.296. The van der Waals surface area contributed by atoms with Crippen molar-refractivity contribution in [2.75, 3.05) is 0 Å². The van der Waals surface area contributed by atoms with Crippen molar-refractivity contribution in [3.05, 3.63) is 0 Å². The van der Waals surface area contributed by atoms with Crippen molar-refractivity contribution in [1.29, 1.82) is 0 Å². The third-order valence-corrected chi connectivity index (χ3v) is 3.90. The van der Waals surface area contributed by atoms with Crippen molar-refractivity contribution in [3.8, 4) is 0 Å². The molecule has 56 valence electrons. The van der Waals surface area contributed by atoms with E-state index in [4.69, 9.17) is 4.74 Å². The summed E-state index contributed by atoms with van der Waals surface area (Å²) < 4.78 is 5.75. The van der Waals surface area contributed by atoms with Crippen LogP contribution in [0.25, 0.3) is 0 Å². The largest absolute Gasteiger partial charge is 0.363 e. The van der Waals surface area contributed by atoms with Crippen LogP contribution in [0.4, 0.5) is 0 Å². The van der Waals surface area contributed by atoms with Gasteiger partial charge < -0.3 is 4.74 Å². The fourth-order valence-corrected chi connectivity index (χ4v) is 2.80. The molecule has 1 aliphatic heterocycles. The maximum atomic E-state index is 5.75. The van der Waals surface area contributed by atoms with Gasteiger partial charge in [-0.15, -0.1) is 0 Å². The van der Waals surface area contributed by atoms with E-state index in [1.807, 2.05) is 0 Å². The number of hydrogen-bond acceptors (Lipinski definition) is 1. The molecule has 0 amide bonds. The van der Waals surface area contributed by atoms with Crippen LogP contribution < -0.4 is 0 Å². The fraction of sp³-hybridized carbons (Fsp3) is 1.00. The third-order valence-electron chi connectivity index (χ3n) is 3.90. The number of fused-ring (bicyclic) bond motifs is 2. The Morgan fingerprint density at radius 1 is 1.10 bits per heavy atom. The molecule has 0 aromatic rings. The van der Waals surface area contributed by atoms with Gasteiger partial charge in [0.05, 0.1) is 11.2 Å². The second-order valence-electron chi connectivity index (χ2n) is 4.73. The average molecular weight is 138 g/mol. The molecule has 10 heavy (non-hydrogen) atoms. The maximum Gasteiger partial charge on any atom is 0.0952 e. The normalized spacial score (nSPS) is 70.2. The molecule has 1 nitrogen and oxygen atoms in total. The van der Waals surface area contributed by atoms with E-state index in [1.165, 1.54) is 19.3 Å². The standard InChI is InChI=1S/C9H14O/c1-8-4-6-3-7(6)5-9(8,2)10-8/h6-7H,3-5H2,1-2H3/t6-,7+,8-,9+. The quantitative estimate of drug-likeness (QED) is 0.466. The van der Waals surface area contributed by atoms with Crippen LogP contribution >= 0.6 is 0 Å². The summed E-state index contributed by atoms with van der Waals surface area (Å²) in [6, 6.07) is 0. The number of ether oxygens (including phenoxy) is 1. The molecule has 3 aliphatic rings. The van der Waals surface area contributed by atoms with Gasteiger partial charge in [0.1, 0.15) is 0 Å². The van der Waals surface area contributed by atoms with Gasteiger partial charge in [-0.1, -0.05) is 0 Å². The SMILES string of the molecule is C[C@@]12C[C@H]3C[C@H]3C[C@]1(C)O2. The van der Waals surface area contributed by atoms with E-state index in [-0.39, 0.29) is 0 Å². The molecule has 0 aromatic carbocycles. The van der Waals surface area contributed by atoms with E-state index < -0.39 is 0 Å². The molecule has 1 heteroatoms. The van der Waals surface area contributed by atoms with Crippen LogP contribution in [-0.2, 0) is 4.74 Å². The molecule has 2 saturated carbocycles. The highest BCUT2D eigenvalue weighted by molar-refractivity contribution is 5.19. The Bertz CT molecular complexity index is 181. The first kappa shape index (κ1) is 5.59. The Hall–Kier alpha value is -0.0400. The zero-order valence-electron chi connectivity index (χ0n) is 6.68. The summed E-state index contributed by atoms with van der Waals surface area (Å²) >= 11 is 0. The Morgan fingerprint density at radius 2 is 1.60 bits per heavy atom. The van der Waals surface area contributed by atoms with E-state index in [9.17, 15) is 0 Å². The van der Waals surface area contributed by atoms with Crippen LogP contribution in [0.3, 0.4) is 0 Å². The smallest absolute Gasteiger partial charge is 0.0952 e. The van der Waals surface area contributed by atoms with Crippen molar-refractivity contribution in [3.63, 3.8) is 0 Å². The first-order chi connectivity index (χ1) is 4.63. The molecule has 1 saturated heterocycles. The predicted octanol–water partition coefficient (Wildman–Crippen LogP) is 1.96. The topological polar surface area (TPSA) is 12.5 Å². The van der Waals surface area contributed by atoms with Crippen LogP contribution in [0.5, 0.6) is 0 Å². The second-order valence-corrected chi connectivity index (χ2v) is 4.73. The zero-order chi connectivity index (χ0) is 6.98. The Labute approximate surface area is 61.8 Å². The first-order valence-corrected chi connectivity index (χ1v) is 4.33. The monoisotopic (exact) mass is 138 g/mol. The first-order valence-electron chi connectivity index (χ1n) is 4.33. The average Bonchev–Trinajstić information content (AvgIpc) is 2.53. The van der Waals surface area contributed by atoms with Crippen LogP contribution in [-0.4, -0.2) is 11.2 Å². The summed E-state index contributed by atoms with van der Waals surface area (Å²) in [6.07, 6.45) is 4.18. The molecule has 3 fully saturated rings. The van der Waals surface area contributed by atoms with Crippen LogP contribution in [0.2, 0.25) is 0 Å². The molecule has 4 atom stereocenters. The zero-order valence-corrected chi connectivity index (χ0v) is 6.68. The van der Waals surface area contributed by atoms with Gasteiger partial charge in [0.15, 0.2) is 0 Å². The van der Waals surface area contributed by atoms with Crippen LogP contribution in [0.15, 0.2) is 0 Å². The summed E-state index contributed by atoms with van der Waals surface area (Å²) in [5, 5.41) is 0. The Morgan fingerprint density at radius 3 is 2.10 bits per heavy atom. The van der Waals surface area contributed by atoms with Gasteiger partial charge in [-0.3, -0.25) is 0 Å². The van der Waals surface area contributed by atoms with E-state index in [0.29, 0.717) is 11.2 Å². The van der Waals surface area contributed by atoms with E-state index >= 15 is 0 Å². The van der Waals surface area contributed by atoms with Crippen molar-refractivity contribution in [2.45, 2.75) is 44.3 Å². The van der Waals surface area contributed by atoms with Gasteiger partial charge in [0, 0.05) is 0 Å². The third kappa shape index (κ3) is 0.460. The highest BCUT2D eigenvalue weighted by Crippen LogP contribution is 2.67. The second kappa shape index (κ2) is 1.18. The van der Waals surface area contributed by atoms with E-state index in [0.717, 1.165) is 11.8 Å². The van der Waals surface area contributed by atoms with Gasteiger partial charge in [0.25, 0.3) is 0 Å². The highest BCUT2D eigenvalue weighted by Gasteiger charge is 2.70. The van der Waals surface area contributed by atoms with Gasteiger partial charge >= 0.3 is 0 Å². The predicted molar refractivity (Wildman–Crippen MR) is 38.7 cm³/mol. The summed E-state index contributed by atoms with van der Waals surface area (Å²) in [5.74, 6) is 2.08. The van der Waals surface area contributed by atoms with Crippen molar-refractivity contribution in [2.24, 2.45) is 11.8 Å². The lowest BCUT2D eigenvalue weighted by Gasteiger charge is -2.16. The lowest BCUT2D eigenvalue weighted by atomic mass is 9.82. The van der Waals surface area contributed by atoms with Crippen molar-refractivity contribution in [1.82, 2.24) is 0 Å². The summed E-state index contributed by atoms with van der Waals surface area (Å²) in [6.45, 7) is 4.56. The Balaban J connectivity index is 1.92. The molecule has 0 N–H and O–H groups in total. The van der Waals surface area contributed by atoms with E-state index in [2.05, 4.69) is 13.8 Å². The maximum absolute atomic E-state index is 5.75. The molecule has 3 rings (SSSR count). The lowest BCUT2D eigenvalue weighted by Crippen LogP contribution is -2.25. The Kier molecular flexibility index (Phi) is 0.658. The molecule has 0 spiro atoms. The highest BCUT2D eigenvalue weighted by atomic mass is 16.6. The van der Waals surface area contributed by atoms with Crippen LogP contribution in [0, 0.1) is 11.8 Å². The van der Waals surface area contributed by atoms with Gasteiger partial charge in [-0.25, -0.2) is 0 Å². The molecular formula is C9H14O. The fourth-order valence-electron chi connectivity index (χ4n) is 2.80. The van der Waals surface area contributed by atoms with Crippen LogP contribution in [0.1, 0.15) is 33.1 Å². The molecule has 2 aliphatic carbocycles. The molecular weight excluding hydrogens is 124 g/mol. The number of rotatable bonds is 0. The lowest BCUT2D eigenvalue weighted by molar-refractivity contribution is 0.271. The summed E-state index contributed by atoms with van der Waals surface area (Å²) in [5.41, 5.74) is 0.593. The minimum absolute atomic E-state index is 0.296. The summed E-state index contributed by atoms with van der Waals surface area (Å²) in [4.78, 5) is 0. The number of epoxide rings is 1. The number of hydrogen-bond donors (Lipinski definition) is 0.